The van der Waals surface area contributed by atoms with Crippen molar-refractivity contribution in [2.75, 3.05) is 6.54 Å². The van der Waals surface area contributed by atoms with Gasteiger partial charge in [0, 0.05) is 19.0 Å². The standard InChI is InChI=1S/C15H20N2O3S/c1-11(4-5-15(18)19)6-7-16-10-12-9-13(20-17-12)14-3-2-8-21-14/h2-3,8-9,11,16H,4-7,10H2,1H3,(H,18,19). The number of thiophene rings is 1. The lowest BCUT2D eigenvalue weighted by atomic mass is 10.0. The first kappa shape index (κ1) is 15.7. The molecule has 0 aliphatic rings. The molecule has 114 valence electrons. The second kappa shape index (κ2) is 7.95. The molecule has 0 bridgehead atoms. The molecule has 21 heavy (non-hydrogen) atoms. The van der Waals surface area contributed by atoms with Gasteiger partial charge in [-0.25, -0.2) is 0 Å². The van der Waals surface area contributed by atoms with Crippen LogP contribution in [0, 0.1) is 5.92 Å². The Morgan fingerprint density at radius 2 is 2.38 bits per heavy atom. The van der Waals surface area contributed by atoms with Gasteiger partial charge in [-0.2, -0.15) is 0 Å². The highest BCUT2D eigenvalue weighted by Crippen LogP contribution is 2.24. The number of aromatic nitrogens is 1. The van der Waals surface area contributed by atoms with Crippen LogP contribution >= 0.6 is 11.3 Å². The third-order valence-electron chi connectivity index (χ3n) is 3.29. The third kappa shape index (κ3) is 5.32. The fourth-order valence-corrected chi connectivity index (χ4v) is 2.68. The smallest absolute Gasteiger partial charge is 0.303 e. The van der Waals surface area contributed by atoms with Crippen molar-refractivity contribution in [1.82, 2.24) is 10.5 Å². The molecule has 0 amide bonds. The minimum absolute atomic E-state index is 0.245. The van der Waals surface area contributed by atoms with Crippen LogP contribution in [0.25, 0.3) is 10.6 Å². The Morgan fingerprint density at radius 3 is 3.10 bits per heavy atom. The molecule has 1 atom stereocenters. The summed E-state index contributed by atoms with van der Waals surface area (Å²) in [6.07, 6.45) is 1.93. The zero-order chi connectivity index (χ0) is 15.1. The molecule has 2 aromatic rings. The van der Waals surface area contributed by atoms with Crippen LogP contribution in [0.3, 0.4) is 0 Å². The SMILES string of the molecule is CC(CCNCc1cc(-c2cccs2)on1)CCC(=O)O. The summed E-state index contributed by atoms with van der Waals surface area (Å²) in [6, 6.07) is 5.94. The second-order valence-electron chi connectivity index (χ2n) is 5.16. The van der Waals surface area contributed by atoms with Gasteiger partial charge in [-0.15, -0.1) is 11.3 Å². The number of rotatable bonds is 9. The van der Waals surface area contributed by atoms with Crippen molar-refractivity contribution in [1.29, 1.82) is 0 Å². The molecule has 0 saturated carbocycles. The summed E-state index contributed by atoms with van der Waals surface area (Å²) in [5, 5.41) is 18.0. The third-order valence-corrected chi connectivity index (χ3v) is 4.18. The molecule has 0 fully saturated rings. The molecule has 2 heterocycles. The minimum atomic E-state index is -0.724. The Bertz CT molecular complexity index is 551. The van der Waals surface area contributed by atoms with Crippen molar-refractivity contribution >= 4 is 17.3 Å². The Labute approximate surface area is 128 Å². The van der Waals surface area contributed by atoms with E-state index in [0.717, 1.165) is 35.7 Å². The molecule has 5 nitrogen and oxygen atoms in total. The van der Waals surface area contributed by atoms with Gasteiger partial charge in [0.2, 0.25) is 0 Å². The summed E-state index contributed by atoms with van der Waals surface area (Å²) in [5.41, 5.74) is 0.886. The normalized spacial score (nSPS) is 12.4. The highest BCUT2D eigenvalue weighted by molar-refractivity contribution is 7.13. The first-order valence-electron chi connectivity index (χ1n) is 7.07. The predicted molar refractivity (Wildman–Crippen MR) is 82.2 cm³/mol. The van der Waals surface area contributed by atoms with Crippen molar-refractivity contribution in [2.24, 2.45) is 5.92 Å². The molecular formula is C15H20N2O3S. The van der Waals surface area contributed by atoms with Gasteiger partial charge < -0.3 is 14.9 Å². The Morgan fingerprint density at radius 1 is 1.52 bits per heavy atom. The highest BCUT2D eigenvalue weighted by Gasteiger charge is 2.08. The summed E-state index contributed by atoms with van der Waals surface area (Å²) in [4.78, 5) is 11.6. The molecule has 1 unspecified atom stereocenters. The average Bonchev–Trinajstić information content (AvgIpc) is 3.11. The number of nitrogens with zero attached hydrogens (tertiary/aromatic N) is 1. The molecule has 6 heteroatoms. The number of hydrogen-bond acceptors (Lipinski definition) is 5. The topological polar surface area (TPSA) is 75.4 Å². The van der Waals surface area contributed by atoms with Gasteiger partial charge in [0.05, 0.1) is 10.6 Å². The van der Waals surface area contributed by atoms with E-state index < -0.39 is 5.97 Å². The number of nitrogens with one attached hydrogen (secondary N) is 1. The largest absolute Gasteiger partial charge is 0.481 e. The van der Waals surface area contributed by atoms with Gasteiger partial charge in [-0.05, 0) is 36.8 Å². The maximum Gasteiger partial charge on any atom is 0.303 e. The molecule has 0 saturated heterocycles. The summed E-state index contributed by atoms with van der Waals surface area (Å²) >= 11 is 1.63. The van der Waals surface area contributed by atoms with Gasteiger partial charge in [0.25, 0.3) is 0 Å². The molecule has 2 aromatic heterocycles. The van der Waals surface area contributed by atoms with Crippen LogP contribution in [-0.4, -0.2) is 22.8 Å². The molecule has 0 spiro atoms. The predicted octanol–water partition coefficient (Wildman–Crippen LogP) is 3.38. The zero-order valence-electron chi connectivity index (χ0n) is 12.0. The van der Waals surface area contributed by atoms with E-state index in [2.05, 4.69) is 17.4 Å². The fraction of sp³-hybridized carbons (Fsp3) is 0.467. The van der Waals surface area contributed by atoms with Gasteiger partial charge in [-0.1, -0.05) is 18.1 Å². The Balaban J connectivity index is 1.66. The van der Waals surface area contributed by atoms with E-state index in [-0.39, 0.29) is 6.42 Å². The maximum atomic E-state index is 10.5. The van der Waals surface area contributed by atoms with Crippen LogP contribution < -0.4 is 5.32 Å². The summed E-state index contributed by atoms with van der Waals surface area (Å²) in [6.45, 7) is 3.60. The van der Waals surface area contributed by atoms with Gasteiger partial charge in [0.1, 0.15) is 0 Å². The van der Waals surface area contributed by atoms with E-state index in [1.165, 1.54) is 0 Å². The second-order valence-corrected chi connectivity index (χ2v) is 6.11. The minimum Gasteiger partial charge on any atom is -0.481 e. The number of carbonyl (C=O) groups is 1. The van der Waals surface area contributed by atoms with Crippen molar-refractivity contribution in [3.05, 3.63) is 29.3 Å². The van der Waals surface area contributed by atoms with E-state index in [1.807, 2.05) is 23.6 Å². The molecule has 2 rings (SSSR count). The monoisotopic (exact) mass is 308 g/mol. The van der Waals surface area contributed by atoms with Crippen LogP contribution in [0.4, 0.5) is 0 Å². The molecule has 0 radical (unpaired) electrons. The number of carboxylic acids is 1. The van der Waals surface area contributed by atoms with Crippen molar-refractivity contribution in [3.8, 4) is 10.6 Å². The van der Waals surface area contributed by atoms with E-state index in [4.69, 9.17) is 9.63 Å². The Hall–Kier alpha value is -1.66. The molecule has 2 N–H and O–H groups in total. The quantitative estimate of drug-likeness (QED) is 0.695. The van der Waals surface area contributed by atoms with Gasteiger partial charge in [-0.3, -0.25) is 4.79 Å². The van der Waals surface area contributed by atoms with E-state index in [1.54, 1.807) is 11.3 Å². The number of hydrogen-bond donors (Lipinski definition) is 2. The van der Waals surface area contributed by atoms with Crippen molar-refractivity contribution in [3.63, 3.8) is 0 Å². The van der Waals surface area contributed by atoms with E-state index in [9.17, 15) is 4.79 Å². The van der Waals surface area contributed by atoms with Crippen molar-refractivity contribution < 1.29 is 14.4 Å². The number of carboxylic acid groups (broad SMARTS) is 1. The van der Waals surface area contributed by atoms with Crippen LogP contribution in [0.5, 0.6) is 0 Å². The van der Waals surface area contributed by atoms with Gasteiger partial charge in [0.15, 0.2) is 5.76 Å². The summed E-state index contributed by atoms with van der Waals surface area (Å²) < 4.78 is 5.31. The lowest BCUT2D eigenvalue weighted by Crippen LogP contribution is -2.17. The van der Waals surface area contributed by atoms with E-state index in [0.29, 0.717) is 12.5 Å². The zero-order valence-corrected chi connectivity index (χ0v) is 12.9. The Kier molecular flexibility index (Phi) is 5.95. The lowest BCUT2D eigenvalue weighted by molar-refractivity contribution is -0.137. The van der Waals surface area contributed by atoms with Crippen LogP contribution in [0.15, 0.2) is 28.1 Å². The summed E-state index contributed by atoms with van der Waals surface area (Å²) in [7, 11) is 0. The summed E-state index contributed by atoms with van der Waals surface area (Å²) in [5.74, 6) is 0.489. The van der Waals surface area contributed by atoms with Gasteiger partial charge >= 0.3 is 5.97 Å². The molecule has 0 aliphatic heterocycles. The molecular weight excluding hydrogens is 288 g/mol. The maximum absolute atomic E-state index is 10.5. The first-order chi connectivity index (χ1) is 10.1. The van der Waals surface area contributed by atoms with E-state index >= 15 is 0 Å². The lowest BCUT2D eigenvalue weighted by Gasteiger charge is -2.09. The fourth-order valence-electron chi connectivity index (χ4n) is 2.01. The van der Waals surface area contributed by atoms with Crippen molar-refractivity contribution in [2.45, 2.75) is 32.7 Å². The van der Waals surface area contributed by atoms with Crippen LogP contribution in [-0.2, 0) is 11.3 Å². The highest BCUT2D eigenvalue weighted by atomic mass is 32.1. The first-order valence-corrected chi connectivity index (χ1v) is 7.95. The average molecular weight is 308 g/mol. The molecule has 0 aliphatic carbocycles. The molecule has 0 aromatic carbocycles. The number of aliphatic carboxylic acids is 1. The van der Waals surface area contributed by atoms with Crippen LogP contribution in [0.2, 0.25) is 0 Å². The van der Waals surface area contributed by atoms with Crippen LogP contribution in [0.1, 0.15) is 31.9 Å².